The highest BCUT2D eigenvalue weighted by Crippen LogP contribution is 2.33. The van der Waals surface area contributed by atoms with E-state index in [-0.39, 0.29) is 11.1 Å². The molecule has 0 atom stereocenters. The Hall–Kier alpha value is -3.29. The third kappa shape index (κ3) is 4.60. The molecule has 0 fully saturated rings. The molecule has 4 N–H and O–H groups in total. The van der Waals surface area contributed by atoms with Crippen LogP contribution in [-0.4, -0.2) is 35.5 Å². The molecule has 0 unspecified atom stereocenters. The molecule has 8 heteroatoms. The van der Waals surface area contributed by atoms with Crippen LogP contribution in [0.4, 0.5) is 5.69 Å². The lowest BCUT2D eigenvalue weighted by molar-refractivity contribution is -0.0980. The molecule has 8 nitrogen and oxygen atoms in total. The van der Waals surface area contributed by atoms with Gasteiger partial charge in [0.15, 0.2) is 0 Å². The number of fused-ring (bicyclic) bond motifs is 1. The van der Waals surface area contributed by atoms with Crippen molar-refractivity contribution in [1.82, 2.24) is 0 Å². The van der Waals surface area contributed by atoms with Crippen LogP contribution in [0.25, 0.3) is 10.8 Å². The van der Waals surface area contributed by atoms with Crippen molar-refractivity contribution in [2.24, 2.45) is 0 Å². The Bertz CT molecular complexity index is 758. The Kier molecular flexibility index (Phi) is 9.10. The number of carboxylic acids is 2. The van der Waals surface area contributed by atoms with Crippen LogP contribution in [0.2, 0.25) is 0 Å². The van der Waals surface area contributed by atoms with Crippen LogP contribution in [0.5, 0.6) is 0 Å². The number of nitroso groups, excluding NO2 is 1. The van der Waals surface area contributed by atoms with E-state index in [0.717, 1.165) is 5.56 Å². The van der Waals surface area contributed by atoms with Gasteiger partial charge in [0.25, 0.3) is 0 Å². The van der Waals surface area contributed by atoms with E-state index in [4.69, 9.17) is 9.70 Å². The van der Waals surface area contributed by atoms with Crippen molar-refractivity contribution >= 4 is 35.2 Å². The van der Waals surface area contributed by atoms with E-state index < -0.39 is 11.9 Å². The molecule has 0 bridgehead atoms. The predicted molar refractivity (Wildman–Crippen MR) is 94.6 cm³/mol. The zero-order valence-corrected chi connectivity index (χ0v) is 14.0. The van der Waals surface area contributed by atoms with Gasteiger partial charge >= 0.3 is 11.9 Å². The summed E-state index contributed by atoms with van der Waals surface area (Å²) in [6.45, 7) is 6.44. The Morgan fingerprint density at radius 1 is 0.960 bits per heavy atom. The van der Waals surface area contributed by atoms with Crippen molar-refractivity contribution in [3.05, 3.63) is 45.9 Å². The van der Waals surface area contributed by atoms with Gasteiger partial charge in [-0.15, -0.1) is 0 Å². The molecule has 25 heavy (non-hydrogen) atoms. The second-order valence-corrected chi connectivity index (χ2v) is 4.68. The van der Waals surface area contributed by atoms with Crippen molar-refractivity contribution in [3.63, 3.8) is 0 Å². The molecule has 0 spiro atoms. The van der Waals surface area contributed by atoms with Crippen LogP contribution in [0.15, 0.2) is 24.3 Å². The number of hydrogen-bond acceptors (Lipinski definition) is 6. The Morgan fingerprint density at radius 2 is 1.44 bits per heavy atom. The largest absolute Gasteiger partial charge is 0.478 e. The Labute approximate surface area is 144 Å². The Morgan fingerprint density at radius 3 is 1.88 bits per heavy atom. The summed E-state index contributed by atoms with van der Waals surface area (Å²) in [7, 11) is 0. The van der Waals surface area contributed by atoms with Gasteiger partial charge in [-0.1, -0.05) is 18.6 Å². The van der Waals surface area contributed by atoms with Crippen molar-refractivity contribution in [3.8, 4) is 0 Å². The monoisotopic (exact) mass is 348 g/mol. The van der Waals surface area contributed by atoms with E-state index >= 15 is 0 Å². The predicted octanol–water partition coefficient (Wildman–Crippen LogP) is 3.38. The molecule has 0 saturated carbocycles. The third-order valence-corrected chi connectivity index (χ3v) is 3.46. The zero-order valence-electron chi connectivity index (χ0n) is 14.0. The molecular formula is C17H20N2O6. The molecule has 2 aromatic rings. The van der Waals surface area contributed by atoms with Crippen LogP contribution < -0.4 is 5.32 Å². The van der Waals surface area contributed by atoms with E-state index in [1.165, 1.54) is 12.1 Å². The minimum atomic E-state index is -1.07. The number of carboxylic acid groups (broad SMARTS) is 2. The summed E-state index contributed by atoms with van der Waals surface area (Å²) in [6.07, 6.45) is 0.631. The van der Waals surface area contributed by atoms with Crippen LogP contribution in [0, 0.1) is 10.5 Å². The molecule has 0 saturated heterocycles. The quantitative estimate of drug-likeness (QED) is 0.606. The van der Waals surface area contributed by atoms with Gasteiger partial charge in [-0.05, 0) is 37.1 Å². The van der Waals surface area contributed by atoms with Crippen molar-refractivity contribution < 1.29 is 24.6 Å². The normalized spacial score (nSPS) is 9.20. The SMILES string of the molecule is C=O.CCNc1ccc(C(=O)O)c2c(CC)ccc(C(=O)O)c12.N=O. The highest BCUT2D eigenvalue weighted by Gasteiger charge is 2.19. The maximum Gasteiger partial charge on any atom is 0.336 e. The zero-order chi connectivity index (χ0) is 19.6. The number of benzene rings is 2. The van der Waals surface area contributed by atoms with Gasteiger partial charge in [0.05, 0.1) is 11.1 Å². The number of hydrogen-bond donors (Lipinski definition) is 4. The van der Waals surface area contributed by atoms with E-state index in [1.807, 2.05) is 20.6 Å². The first-order valence-electron chi connectivity index (χ1n) is 7.29. The average Bonchev–Trinajstić information content (AvgIpc) is 2.64. The first-order chi connectivity index (χ1) is 12.0. The fraction of sp³-hybridized carbons (Fsp3) is 0.235. The molecule has 2 aromatic carbocycles. The molecule has 0 aliphatic carbocycles. The van der Waals surface area contributed by atoms with E-state index in [1.54, 1.807) is 12.1 Å². The van der Waals surface area contributed by atoms with Crippen molar-refractivity contribution in [1.29, 1.82) is 5.59 Å². The minimum absolute atomic E-state index is 0.112. The summed E-state index contributed by atoms with van der Waals surface area (Å²) in [5.74, 6) is -2.12. The lowest BCUT2D eigenvalue weighted by Gasteiger charge is -2.15. The number of aromatic carboxylic acids is 2. The van der Waals surface area contributed by atoms with E-state index in [2.05, 4.69) is 10.9 Å². The van der Waals surface area contributed by atoms with Gasteiger partial charge in [-0.2, -0.15) is 4.91 Å². The van der Waals surface area contributed by atoms with Gasteiger partial charge in [-0.3, -0.25) is 0 Å². The fourth-order valence-electron chi connectivity index (χ4n) is 2.56. The van der Waals surface area contributed by atoms with Crippen molar-refractivity contribution in [2.75, 3.05) is 11.9 Å². The summed E-state index contributed by atoms with van der Waals surface area (Å²) in [5.41, 5.74) is 6.21. The first-order valence-corrected chi connectivity index (χ1v) is 7.29. The smallest absolute Gasteiger partial charge is 0.336 e. The lowest BCUT2D eigenvalue weighted by Crippen LogP contribution is -2.07. The second-order valence-electron chi connectivity index (χ2n) is 4.68. The molecular weight excluding hydrogens is 328 g/mol. The lowest BCUT2D eigenvalue weighted by atomic mass is 9.93. The molecule has 0 radical (unpaired) electrons. The third-order valence-electron chi connectivity index (χ3n) is 3.46. The van der Waals surface area contributed by atoms with Gasteiger partial charge in [0.1, 0.15) is 6.79 Å². The molecule has 0 amide bonds. The molecule has 134 valence electrons. The number of rotatable bonds is 5. The molecule has 2 rings (SSSR count). The molecule has 0 heterocycles. The van der Waals surface area contributed by atoms with Gasteiger partial charge in [0, 0.05) is 23.0 Å². The molecule has 0 aromatic heterocycles. The second kappa shape index (κ2) is 10.5. The highest BCUT2D eigenvalue weighted by atomic mass is 16.4. The summed E-state index contributed by atoms with van der Waals surface area (Å²) in [4.78, 5) is 38.4. The minimum Gasteiger partial charge on any atom is -0.478 e. The van der Waals surface area contributed by atoms with Crippen molar-refractivity contribution in [2.45, 2.75) is 20.3 Å². The number of anilines is 1. The number of aryl methyl sites for hydroxylation is 1. The van der Waals surface area contributed by atoms with E-state index in [9.17, 15) is 19.8 Å². The number of carbonyl (C=O) groups excluding carboxylic acids is 1. The maximum absolute atomic E-state index is 11.5. The summed E-state index contributed by atoms with van der Waals surface area (Å²) < 4.78 is 0. The average molecular weight is 348 g/mol. The topological polar surface area (TPSA) is 145 Å². The summed E-state index contributed by atoms with van der Waals surface area (Å²) in [6, 6.07) is 6.37. The molecule has 0 aliphatic heterocycles. The van der Waals surface area contributed by atoms with Crippen LogP contribution >= 0.6 is 0 Å². The van der Waals surface area contributed by atoms with Gasteiger partial charge in [0.2, 0.25) is 0 Å². The standard InChI is InChI=1S/C16H17NO4.CH2O.HNO/c1-3-9-5-6-11(16(20)21)14-12(17-4-2)8-7-10(13(9)14)15(18)19;2*1-2/h5-8,17H,3-4H2,1-2H3,(H,18,19)(H,20,21);1H2;1H. The van der Waals surface area contributed by atoms with Gasteiger partial charge < -0.3 is 20.3 Å². The molecule has 0 aliphatic rings. The Balaban J connectivity index is 0.00000134. The number of nitrogens with one attached hydrogen (secondary N) is 2. The summed E-state index contributed by atoms with van der Waals surface area (Å²) in [5, 5.41) is 22.9. The summed E-state index contributed by atoms with van der Waals surface area (Å²) >= 11 is 0. The van der Waals surface area contributed by atoms with E-state index in [0.29, 0.717) is 29.4 Å². The first kappa shape index (κ1) is 21.7. The van der Waals surface area contributed by atoms with Crippen LogP contribution in [-0.2, 0) is 11.2 Å². The van der Waals surface area contributed by atoms with Crippen LogP contribution in [0.1, 0.15) is 40.1 Å². The number of carbonyl (C=O) groups is 3. The maximum atomic E-state index is 11.5. The highest BCUT2D eigenvalue weighted by molar-refractivity contribution is 6.16. The van der Waals surface area contributed by atoms with Crippen LogP contribution in [0.3, 0.4) is 0 Å². The van der Waals surface area contributed by atoms with Gasteiger partial charge in [-0.25, -0.2) is 9.59 Å². The fourth-order valence-corrected chi connectivity index (χ4v) is 2.56.